The van der Waals surface area contributed by atoms with E-state index in [1.165, 1.54) is 25.4 Å². The molecule has 5 aromatic rings. The van der Waals surface area contributed by atoms with Gasteiger partial charge in [0.1, 0.15) is 35.0 Å². The normalized spacial score (nSPS) is 12.0. The van der Waals surface area contributed by atoms with Crippen molar-refractivity contribution in [1.82, 2.24) is 19.9 Å². The van der Waals surface area contributed by atoms with Gasteiger partial charge in [-0.1, -0.05) is 18.2 Å². The Morgan fingerprint density at radius 1 is 1.00 bits per heavy atom. The smallest absolute Gasteiger partial charge is 0.239 e. The number of nitrogens with zero attached hydrogens (tertiary/aromatic N) is 3. The van der Waals surface area contributed by atoms with Gasteiger partial charge in [-0.25, -0.2) is 23.1 Å². The van der Waals surface area contributed by atoms with Crippen LogP contribution in [0.2, 0.25) is 0 Å². The molecule has 0 unspecified atom stereocenters. The molecule has 4 aromatic heterocycles. The number of rotatable bonds is 11. The highest BCUT2D eigenvalue weighted by Gasteiger charge is 2.26. The molecule has 0 aliphatic carbocycles. The number of hydrogen-bond donors (Lipinski definition) is 2. The third kappa shape index (κ3) is 6.39. The number of ether oxygens (including phenoxy) is 2. The van der Waals surface area contributed by atoms with Crippen molar-refractivity contribution in [1.29, 1.82) is 0 Å². The van der Waals surface area contributed by atoms with Gasteiger partial charge in [-0.15, -0.1) is 0 Å². The first-order valence-corrected chi connectivity index (χ1v) is 12.9. The van der Waals surface area contributed by atoms with Gasteiger partial charge < -0.3 is 19.8 Å². The predicted octanol–water partition coefficient (Wildman–Crippen LogP) is 6.37. The van der Waals surface area contributed by atoms with Gasteiger partial charge in [-0.3, -0.25) is 9.78 Å². The monoisotopic (exact) mass is 579 g/mol. The molecular weight excluding hydrogens is 554 g/mol. The van der Waals surface area contributed by atoms with Gasteiger partial charge in [-0.05, 0) is 42.0 Å². The fourth-order valence-corrected chi connectivity index (χ4v) is 4.56. The minimum atomic E-state index is -2.77. The number of H-pyrrole nitrogens is 1. The summed E-state index contributed by atoms with van der Waals surface area (Å²) in [6.07, 6.45) is -0.510. The summed E-state index contributed by atoms with van der Waals surface area (Å²) in [5.74, 6) is -2.98. The number of amides is 1. The zero-order valence-corrected chi connectivity index (χ0v) is 22.3. The van der Waals surface area contributed by atoms with E-state index in [0.29, 0.717) is 28.0 Å². The first kappa shape index (κ1) is 28.7. The number of pyridine rings is 3. The van der Waals surface area contributed by atoms with Crippen LogP contribution >= 0.6 is 0 Å². The standard InChI is InChI=1S/C30H25F4N5O3/c1-41-12-13-42-22-16-24(34)37-29-26(21-4-2-3-10-35-21)27(39-28(22)29)18-9-11-36-25(14-18)38-30(40)20(15-23(32)33)17-5-7-19(31)8-6-17/h2-11,14,16,20,23,39H,12-13,15H2,1H3,(H,36,38,40)/t20-/m1/s1. The van der Waals surface area contributed by atoms with Crippen LogP contribution in [0.25, 0.3) is 33.5 Å². The summed E-state index contributed by atoms with van der Waals surface area (Å²) in [6, 6.07) is 14.4. The third-order valence-corrected chi connectivity index (χ3v) is 6.46. The van der Waals surface area contributed by atoms with Gasteiger partial charge in [0.15, 0.2) is 0 Å². The minimum absolute atomic E-state index is 0.0835. The molecule has 12 heteroatoms. The van der Waals surface area contributed by atoms with Crippen LogP contribution in [0.5, 0.6) is 5.75 Å². The van der Waals surface area contributed by atoms with E-state index in [0.717, 1.165) is 18.2 Å². The zero-order valence-electron chi connectivity index (χ0n) is 22.3. The fourth-order valence-electron chi connectivity index (χ4n) is 4.56. The van der Waals surface area contributed by atoms with E-state index in [4.69, 9.17) is 9.47 Å². The van der Waals surface area contributed by atoms with Crippen molar-refractivity contribution in [2.24, 2.45) is 0 Å². The number of alkyl halides is 2. The molecule has 5 rings (SSSR count). The van der Waals surface area contributed by atoms with Crippen LogP contribution in [0.1, 0.15) is 17.9 Å². The van der Waals surface area contributed by atoms with E-state index in [-0.39, 0.29) is 35.9 Å². The van der Waals surface area contributed by atoms with Crippen LogP contribution in [-0.2, 0) is 9.53 Å². The number of fused-ring (bicyclic) bond motifs is 1. The maximum absolute atomic E-state index is 14.7. The molecule has 1 aromatic carbocycles. The number of halogens is 4. The predicted molar refractivity (Wildman–Crippen MR) is 148 cm³/mol. The Labute approximate surface area is 237 Å². The van der Waals surface area contributed by atoms with E-state index in [9.17, 15) is 22.4 Å². The van der Waals surface area contributed by atoms with E-state index in [2.05, 4.69) is 25.3 Å². The molecule has 8 nitrogen and oxygen atoms in total. The van der Waals surface area contributed by atoms with Crippen molar-refractivity contribution < 1.29 is 31.8 Å². The molecule has 1 amide bonds. The summed E-state index contributed by atoms with van der Waals surface area (Å²) >= 11 is 0. The Morgan fingerprint density at radius 3 is 2.52 bits per heavy atom. The summed E-state index contributed by atoms with van der Waals surface area (Å²) in [7, 11) is 1.52. The minimum Gasteiger partial charge on any atom is -0.489 e. The van der Waals surface area contributed by atoms with Crippen LogP contribution in [-0.4, -0.2) is 52.6 Å². The van der Waals surface area contributed by atoms with Crippen LogP contribution in [0, 0.1) is 11.8 Å². The van der Waals surface area contributed by atoms with Gasteiger partial charge in [0, 0.05) is 37.6 Å². The molecule has 1 atom stereocenters. The lowest BCUT2D eigenvalue weighted by Gasteiger charge is -2.17. The number of benzene rings is 1. The Morgan fingerprint density at radius 2 is 1.81 bits per heavy atom. The second-order valence-electron chi connectivity index (χ2n) is 9.25. The largest absolute Gasteiger partial charge is 0.489 e. The molecule has 0 saturated carbocycles. The molecular formula is C30H25F4N5O3. The molecule has 0 fully saturated rings. The second kappa shape index (κ2) is 12.8. The maximum atomic E-state index is 14.7. The van der Waals surface area contributed by atoms with Gasteiger partial charge in [0.2, 0.25) is 18.3 Å². The molecule has 0 bridgehead atoms. The second-order valence-corrected chi connectivity index (χ2v) is 9.25. The van der Waals surface area contributed by atoms with E-state index >= 15 is 0 Å². The Kier molecular flexibility index (Phi) is 8.72. The average molecular weight is 580 g/mol. The fraction of sp³-hybridized carbons (Fsp3) is 0.200. The Hall–Kier alpha value is -4.84. The number of carbonyl (C=O) groups is 1. The van der Waals surface area contributed by atoms with Gasteiger partial charge >= 0.3 is 0 Å². The molecule has 42 heavy (non-hydrogen) atoms. The lowest BCUT2D eigenvalue weighted by molar-refractivity contribution is -0.118. The third-order valence-electron chi connectivity index (χ3n) is 6.46. The van der Waals surface area contributed by atoms with Crippen LogP contribution < -0.4 is 10.1 Å². The number of anilines is 1. The number of carbonyl (C=O) groups excluding carboxylic acids is 1. The highest BCUT2D eigenvalue weighted by Crippen LogP contribution is 2.40. The summed E-state index contributed by atoms with van der Waals surface area (Å²) in [4.78, 5) is 29.1. The number of methoxy groups -OCH3 is 1. The maximum Gasteiger partial charge on any atom is 0.239 e. The van der Waals surface area contributed by atoms with Gasteiger partial charge in [-0.2, -0.15) is 4.39 Å². The Bertz CT molecular complexity index is 1680. The summed E-state index contributed by atoms with van der Waals surface area (Å²) in [5.41, 5.74) is 2.91. The van der Waals surface area contributed by atoms with Gasteiger partial charge in [0.25, 0.3) is 0 Å². The topological polar surface area (TPSA) is 102 Å². The average Bonchev–Trinajstić information content (AvgIpc) is 3.36. The van der Waals surface area contributed by atoms with E-state index in [1.807, 2.05) is 0 Å². The van der Waals surface area contributed by atoms with Crippen molar-refractivity contribution in [3.05, 3.63) is 90.4 Å². The quantitative estimate of drug-likeness (QED) is 0.107. The molecule has 216 valence electrons. The molecule has 2 N–H and O–H groups in total. The van der Waals surface area contributed by atoms with E-state index in [1.54, 1.807) is 36.5 Å². The van der Waals surface area contributed by atoms with Crippen LogP contribution in [0.4, 0.5) is 23.4 Å². The highest BCUT2D eigenvalue weighted by atomic mass is 19.3. The van der Waals surface area contributed by atoms with Crippen LogP contribution in [0.15, 0.2) is 73.1 Å². The first-order valence-electron chi connectivity index (χ1n) is 12.9. The van der Waals surface area contributed by atoms with Crippen molar-refractivity contribution in [2.75, 3.05) is 25.6 Å². The first-order chi connectivity index (χ1) is 20.3. The summed E-state index contributed by atoms with van der Waals surface area (Å²) in [5, 5.41) is 2.60. The van der Waals surface area contributed by atoms with E-state index < -0.39 is 36.4 Å². The Balaban J connectivity index is 1.55. The number of aromatic amines is 1. The zero-order chi connectivity index (χ0) is 29.6. The van der Waals surface area contributed by atoms with Crippen LogP contribution in [0.3, 0.4) is 0 Å². The summed E-state index contributed by atoms with van der Waals surface area (Å²) in [6.45, 7) is 0.450. The molecule has 0 aliphatic heterocycles. The highest BCUT2D eigenvalue weighted by molar-refractivity contribution is 6.03. The summed E-state index contributed by atoms with van der Waals surface area (Å²) < 4.78 is 65.6. The SMILES string of the molecule is COCCOc1cc(F)nc2c(-c3ccccn3)c(-c3ccnc(NC(=O)[C@H](CC(F)F)c4ccc(F)cc4)c3)[nH]c12. The molecule has 0 aliphatic rings. The molecule has 0 radical (unpaired) electrons. The number of aromatic nitrogens is 4. The van der Waals surface area contributed by atoms with Gasteiger partial charge in [0.05, 0.1) is 29.5 Å². The number of nitrogens with one attached hydrogen (secondary N) is 2. The van der Waals surface area contributed by atoms with Crippen molar-refractivity contribution in [2.45, 2.75) is 18.8 Å². The number of hydrogen-bond acceptors (Lipinski definition) is 6. The van der Waals surface area contributed by atoms with Crippen molar-refractivity contribution in [3.63, 3.8) is 0 Å². The lowest BCUT2D eigenvalue weighted by Crippen LogP contribution is -2.23. The lowest BCUT2D eigenvalue weighted by atomic mass is 9.95. The van der Waals surface area contributed by atoms with Crippen molar-refractivity contribution >= 4 is 22.8 Å². The van der Waals surface area contributed by atoms with Crippen molar-refractivity contribution in [3.8, 4) is 28.3 Å². The molecule has 0 saturated heterocycles. The molecule has 0 spiro atoms. The molecule has 4 heterocycles.